The molecule has 1 saturated heterocycles. The van der Waals surface area contributed by atoms with E-state index in [9.17, 15) is 0 Å². The number of aromatic nitrogens is 1. The summed E-state index contributed by atoms with van der Waals surface area (Å²) in [6.45, 7) is 2.51. The largest absolute Gasteiger partial charge is 0.375 e. The van der Waals surface area contributed by atoms with E-state index in [1.807, 2.05) is 0 Å². The molecular formula is C9H14N2O2. The Morgan fingerprint density at radius 3 is 3.38 bits per heavy atom. The van der Waals surface area contributed by atoms with Crippen LogP contribution in [0.2, 0.25) is 0 Å². The Morgan fingerprint density at radius 2 is 2.69 bits per heavy atom. The second-order valence-electron chi connectivity index (χ2n) is 3.34. The van der Waals surface area contributed by atoms with Gasteiger partial charge in [-0.25, -0.2) is 0 Å². The van der Waals surface area contributed by atoms with E-state index >= 15 is 0 Å². The highest BCUT2D eigenvalue weighted by atomic mass is 16.5. The molecule has 1 aromatic rings. The maximum atomic E-state index is 5.50. The molecule has 1 aromatic heterocycles. The third-order valence-electron chi connectivity index (χ3n) is 2.23. The van der Waals surface area contributed by atoms with Crippen molar-refractivity contribution in [1.29, 1.82) is 0 Å². The first-order chi connectivity index (χ1) is 6.45. The molecule has 0 aromatic carbocycles. The van der Waals surface area contributed by atoms with Crippen molar-refractivity contribution in [3.8, 4) is 0 Å². The van der Waals surface area contributed by atoms with Gasteiger partial charge in [-0.1, -0.05) is 5.16 Å². The lowest BCUT2D eigenvalue weighted by Crippen LogP contribution is -2.26. The Hall–Kier alpha value is -0.870. The Morgan fingerprint density at radius 1 is 1.69 bits per heavy atom. The summed E-state index contributed by atoms with van der Waals surface area (Å²) in [6, 6.07) is 0.542. The van der Waals surface area contributed by atoms with Crippen LogP contribution >= 0.6 is 0 Å². The van der Waals surface area contributed by atoms with Crippen LogP contribution in [0.3, 0.4) is 0 Å². The van der Waals surface area contributed by atoms with Gasteiger partial charge in [-0.2, -0.15) is 0 Å². The van der Waals surface area contributed by atoms with Gasteiger partial charge in [0.05, 0.1) is 19.4 Å². The summed E-state index contributed by atoms with van der Waals surface area (Å²) >= 11 is 0. The number of ether oxygens (including phenoxy) is 1. The predicted molar refractivity (Wildman–Crippen MR) is 47.2 cm³/mol. The number of hydrogen-bond acceptors (Lipinski definition) is 4. The van der Waals surface area contributed by atoms with Crippen molar-refractivity contribution in [2.75, 3.05) is 13.2 Å². The molecule has 1 aliphatic heterocycles. The Labute approximate surface area is 77.2 Å². The summed E-state index contributed by atoms with van der Waals surface area (Å²) in [4.78, 5) is 0. The van der Waals surface area contributed by atoms with Crippen LogP contribution in [0, 0.1) is 0 Å². The van der Waals surface area contributed by atoms with E-state index in [1.54, 1.807) is 12.5 Å². The number of nitrogens with zero attached hydrogens (tertiary/aromatic N) is 1. The molecule has 1 atom stereocenters. The Balaban J connectivity index is 1.63. The molecule has 0 amide bonds. The molecule has 1 N–H and O–H groups in total. The first-order valence-corrected chi connectivity index (χ1v) is 4.64. The van der Waals surface area contributed by atoms with E-state index < -0.39 is 0 Å². The SMILES string of the molecule is c1nocc1COCC1CCCN1. The molecule has 2 rings (SSSR count). The standard InChI is InChI=1S/C9H14N2O2/c1-2-9(10-3-1)7-12-5-8-4-11-13-6-8/h4,6,9-10H,1-3,5,7H2. The van der Waals surface area contributed by atoms with Crippen LogP contribution in [0.4, 0.5) is 0 Å². The molecule has 1 fully saturated rings. The molecule has 0 saturated carbocycles. The van der Waals surface area contributed by atoms with Gasteiger partial charge in [0.25, 0.3) is 0 Å². The molecule has 1 unspecified atom stereocenters. The normalized spacial score (nSPS) is 22.3. The van der Waals surface area contributed by atoms with Crippen LogP contribution in [0.15, 0.2) is 17.0 Å². The molecule has 0 bridgehead atoms. The van der Waals surface area contributed by atoms with Gasteiger partial charge in [0.15, 0.2) is 0 Å². The zero-order valence-electron chi connectivity index (χ0n) is 7.53. The molecule has 1 aliphatic rings. The lowest BCUT2D eigenvalue weighted by atomic mass is 10.2. The molecule has 13 heavy (non-hydrogen) atoms. The van der Waals surface area contributed by atoms with Crippen molar-refractivity contribution in [3.05, 3.63) is 18.0 Å². The van der Waals surface area contributed by atoms with E-state index in [1.165, 1.54) is 12.8 Å². The lowest BCUT2D eigenvalue weighted by Gasteiger charge is -2.09. The average molecular weight is 182 g/mol. The van der Waals surface area contributed by atoms with Crippen LogP contribution < -0.4 is 5.32 Å². The third-order valence-corrected chi connectivity index (χ3v) is 2.23. The van der Waals surface area contributed by atoms with Crippen molar-refractivity contribution in [2.24, 2.45) is 0 Å². The zero-order chi connectivity index (χ0) is 8.93. The topological polar surface area (TPSA) is 47.3 Å². The monoisotopic (exact) mass is 182 g/mol. The molecule has 0 aliphatic carbocycles. The van der Waals surface area contributed by atoms with Crippen molar-refractivity contribution < 1.29 is 9.26 Å². The summed E-state index contributed by atoms with van der Waals surface area (Å²) in [7, 11) is 0. The summed E-state index contributed by atoms with van der Waals surface area (Å²) in [5, 5.41) is 6.97. The molecule has 72 valence electrons. The van der Waals surface area contributed by atoms with Crippen LogP contribution in [0.5, 0.6) is 0 Å². The van der Waals surface area contributed by atoms with Crippen molar-refractivity contribution >= 4 is 0 Å². The van der Waals surface area contributed by atoms with Crippen LogP contribution in [0.25, 0.3) is 0 Å². The van der Waals surface area contributed by atoms with Gasteiger partial charge < -0.3 is 14.6 Å². The molecule has 4 nitrogen and oxygen atoms in total. The maximum absolute atomic E-state index is 5.50. The van der Waals surface area contributed by atoms with E-state index in [0.29, 0.717) is 12.6 Å². The summed E-state index contributed by atoms with van der Waals surface area (Å²) in [5.74, 6) is 0. The zero-order valence-corrected chi connectivity index (χ0v) is 7.53. The van der Waals surface area contributed by atoms with Gasteiger partial charge in [0.2, 0.25) is 0 Å². The summed E-state index contributed by atoms with van der Waals surface area (Å²) in [5.41, 5.74) is 0.998. The molecule has 4 heteroatoms. The summed E-state index contributed by atoms with van der Waals surface area (Å²) < 4.78 is 10.2. The highest BCUT2D eigenvalue weighted by Crippen LogP contribution is 2.06. The molecule has 0 spiro atoms. The second-order valence-corrected chi connectivity index (χ2v) is 3.34. The van der Waals surface area contributed by atoms with Gasteiger partial charge in [-0.15, -0.1) is 0 Å². The van der Waals surface area contributed by atoms with Gasteiger partial charge in [-0.3, -0.25) is 0 Å². The molecule has 0 radical (unpaired) electrons. The molecule has 2 heterocycles. The van der Waals surface area contributed by atoms with Crippen LogP contribution in [0.1, 0.15) is 18.4 Å². The predicted octanol–water partition coefficient (Wildman–Crippen LogP) is 0.943. The van der Waals surface area contributed by atoms with Crippen molar-refractivity contribution in [3.63, 3.8) is 0 Å². The number of nitrogens with one attached hydrogen (secondary N) is 1. The highest BCUT2D eigenvalue weighted by molar-refractivity contribution is 4.97. The first-order valence-electron chi connectivity index (χ1n) is 4.64. The second kappa shape index (κ2) is 4.39. The number of hydrogen-bond donors (Lipinski definition) is 1. The van der Waals surface area contributed by atoms with Gasteiger partial charge >= 0.3 is 0 Å². The summed E-state index contributed by atoms with van der Waals surface area (Å²) in [6.07, 6.45) is 5.79. The van der Waals surface area contributed by atoms with Gasteiger partial charge in [-0.05, 0) is 19.4 Å². The van der Waals surface area contributed by atoms with Crippen molar-refractivity contribution in [2.45, 2.75) is 25.5 Å². The highest BCUT2D eigenvalue weighted by Gasteiger charge is 2.13. The third kappa shape index (κ3) is 2.54. The quantitative estimate of drug-likeness (QED) is 0.753. The Bertz CT molecular complexity index is 230. The molecular weight excluding hydrogens is 168 g/mol. The number of rotatable bonds is 4. The van der Waals surface area contributed by atoms with E-state index in [-0.39, 0.29) is 0 Å². The van der Waals surface area contributed by atoms with E-state index in [2.05, 4.69) is 10.5 Å². The van der Waals surface area contributed by atoms with Gasteiger partial charge in [0.1, 0.15) is 6.26 Å². The van der Waals surface area contributed by atoms with Crippen LogP contribution in [-0.2, 0) is 11.3 Å². The fraction of sp³-hybridized carbons (Fsp3) is 0.667. The smallest absolute Gasteiger partial charge is 0.129 e. The minimum Gasteiger partial charge on any atom is -0.375 e. The van der Waals surface area contributed by atoms with E-state index in [0.717, 1.165) is 18.7 Å². The minimum absolute atomic E-state index is 0.542. The first kappa shape index (κ1) is 8.72. The van der Waals surface area contributed by atoms with E-state index in [4.69, 9.17) is 9.26 Å². The van der Waals surface area contributed by atoms with Gasteiger partial charge in [0, 0.05) is 11.6 Å². The average Bonchev–Trinajstić information content (AvgIpc) is 2.75. The lowest BCUT2D eigenvalue weighted by molar-refractivity contribution is 0.103. The fourth-order valence-corrected chi connectivity index (χ4v) is 1.52. The maximum Gasteiger partial charge on any atom is 0.129 e. The Kier molecular flexibility index (Phi) is 2.94. The minimum atomic E-state index is 0.542. The fourth-order valence-electron chi connectivity index (χ4n) is 1.52. The van der Waals surface area contributed by atoms with Crippen molar-refractivity contribution in [1.82, 2.24) is 10.5 Å². The van der Waals surface area contributed by atoms with Crippen LogP contribution in [-0.4, -0.2) is 24.4 Å².